The molecule has 6 heteroatoms. The van der Waals surface area contributed by atoms with E-state index in [1.807, 2.05) is 18.2 Å². The van der Waals surface area contributed by atoms with Crippen LogP contribution in [0.15, 0.2) is 30.3 Å². The van der Waals surface area contributed by atoms with Gasteiger partial charge in [-0.25, -0.2) is 4.98 Å². The zero-order valence-corrected chi connectivity index (χ0v) is 10.2. The van der Waals surface area contributed by atoms with Crippen LogP contribution in [0.2, 0.25) is 0 Å². The van der Waals surface area contributed by atoms with Crippen molar-refractivity contribution in [3.05, 3.63) is 47.5 Å². The van der Waals surface area contributed by atoms with Gasteiger partial charge in [0.2, 0.25) is 0 Å². The summed E-state index contributed by atoms with van der Waals surface area (Å²) in [4.78, 5) is 4.23. The molecule has 88 valence electrons. The molecule has 0 radical (unpaired) electrons. The van der Waals surface area contributed by atoms with Crippen molar-refractivity contribution in [3.63, 3.8) is 0 Å². The van der Waals surface area contributed by atoms with E-state index in [-0.39, 0.29) is 24.8 Å². The molecule has 4 nitrogen and oxygen atoms in total. The van der Waals surface area contributed by atoms with Crippen LogP contribution in [0.3, 0.4) is 0 Å². The number of nitrogens with one attached hydrogen (secondary N) is 1. The molecule has 2 rings (SSSR count). The van der Waals surface area contributed by atoms with Gasteiger partial charge in [0.15, 0.2) is 5.82 Å². The Morgan fingerprint density at radius 1 is 1.12 bits per heavy atom. The van der Waals surface area contributed by atoms with Gasteiger partial charge in [-0.15, -0.1) is 24.8 Å². The van der Waals surface area contributed by atoms with Gasteiger partial charge >= 0.3 is 0 Å². The second-order valence-electron chi connectivity index (χ2n) is 3.06. The van der Waals surface area contributed by atoms with E-state index in [0.717, 1.165) is 12.2 Å². The molecule has 0 unspecified atom stereocenters. The predicted octanol–water partition coefficient (Wildman–Crippen LogP) is 1.70. The van der Waals surface area contributed by atoms with Crippen LogP contribution in [0.4, 0.5) is 0 Å². The first-order chi connectivity index (χ1) is 6.88. The first-order valence-corrected chi connectivity index (χ1v) is 4.52. The van der Waals surface area contributed by atoms with E-state index in [9.17, 15) is 0 Å². The number of H-pyrrole nitrogens is 1. The van der Waals surface area contributed by atoms with Crippen molar-refractivity contribution in [2.24, 2.45) is 5.73 Å². The van der Waals surface area contributed by atoms with E-state index in [0.29, 0.717) is 12.4 Å². The fourth-order valence-electron chi connectivity index (χ4n) is 1.29. The summed E-state index contributed by atoms with van der Waals surface area (Å²) in [5.41, 5.74) is 6.63. The molecule has 0 fully saturated rings. The molecular weight excluding hydrogens is 247 g/mol. The zero-order chi connectivity index (χ0) is 9.80. The molecule has 0 aliphatic rings. The van der Waals surface area contributed by atoms with Crippen molar-refractivity contribution in [2.45, 2.75) is 13.0 Å². The summed E-state index contributed by atoms with van der Waals surface area (Å²) in [6, 6.07) is 10.1. The van der Waals surface area contributed by atoms with Gasteiger partial charge in [0, 0.05) is 6.42 Å². The Balaban J connectivity index is 0.00000112. The number of aromatic amines is 1. The van der Waals surface area contributed by atoms with Crippen molar-refractivity contribution in [1.82, 2.24) is 15.2 Å². The third kappa shape index (κ3) is 3.81. The average molecular weight is 261 g/mol. The van der Waals surface area contributed by atoms with Crippen molar-refractivity contribution < 1.29 is 0 Å². The lowest BCUT2D eigenvalue weighted by Gasteiger charge is -1.95. The maximum absolute atomic E-state index is 5.41. The molecule has 0 atom stereocenters. The normalized spacial score (nSPS) is 9.06. The van der Waals surface area contributed by atoms with Gasteiger partial charge in [0.1, 0.15) is 5.82 Å². The summed E-state index contributed by atoms with van der Waals surface area (Å²) in [6.45, 7) is 0.380. The SMILES string of the molecule is Cl.Cl.NCc1n[nH]c(Cc2ccccc2)n1. The van der Waals surface area contributed by atoms with Crippen molar-refractivity contribution in [3.8, 4) is 0 Å². The molecule has 0 saturated carbocycles. The van der Waals surface area contributed by atoms with Crippen LogP contribution in [-0.4, -0.2) is 15.2 Å². The first kappa shape index (κ1) is 14.9. The number of nitrogens with two attached hydrogens (primary N) is 1. The molecule has 0 spiro atoms. The summed E-state index contributed by atoms with van der Waals surface area (Å²) in [5, 5.41) is 6.83. The minimum absolute atomic E-state index is 0. The van der Waals surface area contributed by atoms with Gasteiger partial charge < -0.3 is 5.73 Å². The fraction of sp³-hybridized carbons (Fsp3) is 0.200. The number of rotatable bonds is 3. The molecule has 1 aromatic carbocycles. The number of halogens is 2. The number of aromatic nitrogens is 3. The molecule has 0 saturated heterocycles. The van der Waals surface area contributed by atoms with Gasteiger partial charge in [-0.1, -0.05) is 30.3 Å². The zero-order valence-electron chi connectivity index (χ0n) is 8.59. The lowest BCUT2D eigenvalue weighted by molar-refractivity contribution is 0.916. The van der Waals surface area contributed by atoms with E-state index in [2.05, 4.69) is 27.3 Å². The Labute approximate surface area is 106 Å². The quantitative estimate of drug-likeness (QED) is 0.883. The van der Waals surface area contributed by atoms with Crippen LogP contribution in [0.1, 0.15) is 17.2 Å². The van der Waals surface area contributed by atoms with Crippen molar-refractivity contribution in [2.75, 3.05) is 0 Å². The number of nitrogens with zero attached hydrogens (tertiary/aromatic N) is 2. The molecule has 0 amide bonds. The molecule has 0 aliphatic heterocycles. The molecule has 2 aromatic rings. The highest BCUT2D eigenvalue weighted by atomic mass is 35.5. The van der Waals surface area contributed by atoms with Gasteiger partial charge in [0.05, 0.1) is 6.54 Å². The Kier molecular flexibility index (Phi) is 6.72. The Morgan fingerprint density at radius 2 is 1.81 bits per heavy atom. The highest BCUT2D eigenvalue weighted by Crippen LogP contribution is 2.04. The second-order valence-corrected chi connectivity index (χ2v) is 3.06. The van der Waals surface area contributed by atoms with Gasteiger partial charge in [-0.05, 0) is 5.56 Å². The summed E-state index contributed by atoms with van der Waals surface area (Å²) in [6.07, 6.45) is 0.772. The highest BCUT2D eigenvalue weighted by molar-refractivity contribution is 5.85. The Hall–Kier alpha value is -1.10. The molecule has 16 heavy (non-hydrogen) atoms. The number of benzene rings is 1. The maximum Gasteiger partial charge on any atom is 0.164 e. The third-order valence-electron chi connectivity index (χ3n) is 1.97. The van der Waals surface area contributed by atoms with Crippen molar-refractivity contribution >= 4 is 24.8 Å². The number of hydrogen-bond donors (Lipinski definition) is 2. The largest absolute Gasteiger partial charge is 0.324 e. The van der Waals surface area contributed by atoms with Crippen LogP contribution in [0.5, 0.6) is 0 Å². The molecular formula is C10H14Cl2N4. The summed E-state index contributed by atoms with van der Waals surface area (Å²) < 4.78 is 0. The molecule has 0 aliphatic carbocycles. The van der Waals surface area contributed by atoms with E-state index in [4.69, 9.17) is 5.73 Å². The van der Waals surface area contributed by atoms with Gasteiger partial charge in [-0.3, -0.25) is 5.10 Å². The van der Waals surface area contributed by atoms with Crippen molar-refractivity contribution in [1.29, 1.82) is 0 Å². The third-order valence-corrected chi connectivity index (χ3v) is 1.97. The fourth-order valence-corrected chi connectivity index (χ4v) is 1.29. The van der Waals surface area contributed by atoms with Crippen LogP contribution in [0.25, 0.3) is 0 Å². The number of hydrogen-bond acceptors (Lipinski definition) is 3. The molecule has 1 heterocycles. The predicted molar refractivity (Wildman–Crippen MR) is 68.0 cm³/mol. The molecule has 3 N–H and O–H groups in total. The lowest BCUT2D eigenvalue weighted by Crippen LogP contribution is -1.98. The average Bonchev–Trinajstić information content (AvgIpc) is 2.67. The van der Waals surface area contributed by atoms with Gasteiger partial charge in [-0.2, -0.15) is 5.10 Å². The van der Waals surface area contributed by atoms with E-state index < -0.39 is 0 Å². The minimum Gasteiger partial charge on any atom is -0.324 e. The van der Waals surface area contributed by atoms with Crippen LogP contribution >= 0.6 is 24.8 Å². The minimum atomic E-state index is 0. The molecule has 1 aromatic heterocycles. The van der Waals surface area contributed by atoms with Crippen LogP contribution < -0.4 is 5.73 Å². The Morgan fingerprint density at radius 3 is 2.38 bits per heavy atom. The van der Waals surface area contributed by atoms with Crippen LogP contribution in [-0.2, 0) is 13.0 Å². The Bertz CT molecular complexity index is 402. The van der Waals surface area contributed by atoms with E-state index in [1.165, 1.54) is 5.56 Å². The highest BCUT2D eigenvalue weighted by Gasteiger charge is 2.01. The smallest absolute Gasteiger partial charge is 0.164 e. The summed E-state index contributed by atoms with van der Waals surface area (Å²) >= 11 is 0. The van der Waals surface area contributed by atoms with Gasteiger partial charge in [0.25, 0.3) is 0 Å². The lowest BCUT2D eigenvalue weighted by atomic mass is 10.1. The molecule has 0 bridgehead atoms. The van der Waals surface area contributed by atoms with E-state index in [1.54, 1.807) is 0 Å². The maximum atomic E-state index is 5.41. The van der Waals surface area contributed by atoms with Crippen LogP contribution in [0, 0.1) is 0 Å². The monoisotopic (exact) mass is 260 g/mol. The summed E-state index contributed by atoms with van der Waals surface area (Å²) in [7, 11) is 0. The standard InChI is InChI=1S/C10H12N4.2ClH/c11-7-10-12-9(13-14-10)6-8-4-2-1-3-5-8;;/h1-5H,6-7,11H2,(H,12,13,14);2*1H. The first-order valence-electron chi connectivity index (χ1n) is 4.52. The summed E-state index contributed by atoms with van der Waals surface area (Å²) in [5.74, 6) is 1.52. The topological polar surface area (TPSA) is 67.6 Å². The second kappa shape index (κ2) is 7.22. The van der Waals surface area contributed by atoms with E-state index >= 15 is 0 Å².